The van der Waals surface area contributed by atoms with Crippen LogP contribution in [-0.2, 0) is 9.47 Å². The van der Waals surface area contributed by atoms with Gasteiger partial charge < -0.3 is 9.47 Å². The summed E-state index contributed by atoms with van der Waals surface area (Å²) < 4.78 is 10.9. The first-order chi connectivity index (χ1) is 6.01. The summed E-state index contributed by atoms with van der Waals surface area (Å²) in [5, 5.41) is 0. The normalized spacial score (nSPS) is 24.5. The Bertz CT molecular complexity index is 145. The lowest BCUT2D eigenvalue weighted by molar-refractivity contribution is 0.0155. The molecule has 13 heavy (non-hydrogen) atoms. The Hall–Kier alpha value is -0.0800. The van der Waals surface area contributed by atoms with E-state index in [1.807, 2.05) is 0 Å². The van der Waals surface area contributed by atoms with Crippen LogP contribution in [0.1, 0.15) is 40.5 Å². The molecule has 0 aromatic carbocycles. The maximum Gasteiger partial charge on any atom is 0.104 e. The molecule has 0 bridgehead atoms. The van der Waals surface area contributed by atoms with E-state index in [4.69, 9.17) is 9.47 Å². The number of epoxide rings is 1. The van der Waals surface area contributed by atoms with Crippen molar-refractivity contribution in [2.75, 3.05) is 13.2 Å². The van der Waals surface area contributed by atoms with Gasteiger partial charge >= 0.3 is 0 Å². The molecule has 0 aromatic rings. The maximum absolute atomic E-state index is 5.77. The van der Waals surface area contributed by atoms with Gasteiger partial charge in [0.25, 0.3) is 0 Å². The van der Waals surface area contributed by atoms with Crippen molar-refractivity contribution in [1.82, 2.24) is 0 Å². The first kappa shape index (κ1) is 11.0. The lowest BCUT2D eigenvalue weighted by Gasteiger charge is -2.25. The molecule has 0 spiro atoms. The van der Waals surface area contributed by atoms with E-state index in [-0.39, 0.29) is 0 Å². The second-order valence-electron chi connectivity index (χ2n) is 5.08. The molecule has 0 aromatic heterocycles. The van der Waals surface area contributed by atoms with Gasteiger partial charge in [0.1, 0.15) is 6.10 Å². The minimum atomic E-state index is 0.366. The summed E-state index contributed by atoms with van der Waals surface area (Å²) >= 11 is 0. The molecule has 2 heteroatoms. The highest BCUT2D eigenvalue weighted by molar-refractivity contribution is 4.72. The molecule has 1 fully saturated rings. The quantitative estimate of drug-likeness (QED) is 0.616. The van der Waals surface area contributed by atoms with E-state index in [1.165, 1.54) is 0 Å². The van der Waals surface area contributed by atoms with Gasteiger partial charge in [-0.3, -0.25) is 0 Å². The molecular formula is C11H22O2. The van der Waals surface area contributed by atoms with Crippen LogP contribution in [0.5, 0.6) is 0 Å². The van der Waals surface area contributed by atoms with Crippen molar-refractivity contribution >= 4 is 0 Å². The fourth-order valence-corrected chi connectivity index (χ4v) is 1.41. The Kier molecular flexibility index (Phi) is 3.74. The molecule has 0 saturated carbocycles. The Balaban J connectivity index is 2.16. The molecule has 0 radical (unpaired) electrons. The lowest BCUT2D eigenvalue weighted by atomic mass is 9.88. The molecule has 0 aliphatic carbocycles. The third-order valence-corrected chi connectivity index (χ3v) is 2.22. The number of rotatable bonds is 5. The highest BCUT2D eigenvalue weighted by Gasteiger charge is 2.25. The summed E-state index contributed by atoms with van der Waals surface area (Å²) in [6, 6.07) is 0. The van der Waals surface area contributed by atoms with Crippen LogP contribution in [0.15, 0.2) is 0 Å². The zero-order valence-electron chi connectivity index (χ0n) is 9.30. The van der Waals surface area contributed by atoms with Crippen molar-refractivity contribution in [2.24, 2.45) is 5.41 Å². The zero-order chi connectivity index (χ0) is 9.90. The van der Waals surface area contributed by atoms with Crippen molar-refractivity contribution in [1.29, 1.82) is 0 Å². The van der Waals surface area contributed by atoms with Gasteiger partial charge in [-0.15, -0.1) is 0 Å². The molecule has 2 unspecified atom stereocenters. The van der Waals surface area contributed by atoms with Crippen LogP contribution in [0, 0.1) is 5.41 Å². The largest absolute Gasteiger partial charge is 0.375 e. The van der Waals surface area contributed by atoms with Crippen molar-refractivity contribution in [3.05, 3.63) is 0 Å². The molecule has 2 nitrogen and oxygen atoms in total. The fourth-order valence-electron chi connectivity index (χ4n) is 1.41. The van der Waals surface area contributed by atoms with Gasteiger partial charge in [0, 0.05) is 0 Å². The van der Waals surface area contributed by atoms with Crippen LogP contribution in [0.4, 0.5) is 0 Å². The Labute approximate surface area is 81.6 Å². The van der Waals surface area contributed by atoms with E-state index in [9.17, 15) is 0 Å². The van der Waals surface area contributed by atoms with Gasteiger partial charge in [0.05, 0.1) is 19.3 Å². The van der Waals surface area contributed by atoms with Gasteiger partial charge in [-0.2, -0.15) is 0 Å². The van der Waals surface area contributed by atoms with Crippen molar-refractivity contribution in [2.45, 2.75) is 52.7 Å². The van der Waals surface area contributed by atoms with Crippen LogP contribution >= 0.6 is 0 Å². The fraction of sp³-hybridized carbons (Fsp3) is 1.00. The molecule has 1 heterocycles. The molecule has 1 saturated heterocycles. The van der Waals surface area contributed by atoms with Crippen LogP contribution in [-0.4, -0.2) is 25.4 Å². The summed E-state index contributed by atoms with van der Waals surface area (Å²) in [5.41, 5.74) is 0.366. The number of hydrogen-bond donors (Lipinski definition) is 0. The summed E-state index contributed by atoms with van der Waals surface area (Å²) in [4.78, 5) is 0. The summed E-state index contributed by atoms with van der Waals surface area (Å²) in [5.74, 6) is 0. The van der Waals surface area contributed by atoms with E-state index in [0.717, 1.165) is 26.1 Å². The van der Waals surface area contributed by atoms with Gasteiger partial charge in [0.15, 0.2) is 0 Å². The van der Waals surface area contributed by atoms with Crippen LogP contribution in [0.2, 0.25) is 0 Å². The highest BCUT2D eigenvalue weighted by atomic mass is 16.6. The van der Waals surface area contributed by atoms with Gasteiger partial charge in [-0.05, 0) is 18.3 Å². The average molecular weight is 186 g/mol. The molecule has 0 N–H and O–H groups in total. The van der Waals surface area contributed by atoms with Crippen molar-refractivity contribution in [3.8, 4) is 0 Å². The van der Waals surface area contributed by atoms with E-state index >= 15 is 0 Å². The molecule has 1 aliphatic rings. The molecule has 0 amide bonds. The molecular weight excluding hydrogens is 164 g/mol. The summed E-state index contributed by atoms with van der Waals surface area (Å²) in [6.45, 7) is 10.6. The van der Waals surface area contributed by atoms with Crippen LogP contribution < -0.4 is 0 Å². The predicted molar refractivity (Wildman–Crippen MR) is 53.8 cm³/mol. The number of hydrogen-bond acceptors (Lipinski definition) is 2. The Morgan fingerprint density at radius 3 is 2.46 bits per heavy atom. The molecule has 2 atom stereocenters. The minimum absolute atomic E-state index is 0.366. The van der Waals surface area contributed by atoms with E-state index in [1.54, 1.807) is 0 Å². The minimum Gasteiger partial charge on any atom is -0.375 e. The first-order valence-electron chi connectivity index (χ1n) is 5.24. The summed E-state index contributed by atoms with van der Waals surface area (Å²) in [7, 11) is 0. The molecule has 1 aliphatic heterocycles. The monoisotopic (exact) mass is 186 g/mol. The van der Waals surface area contributed by atoms with Crippen LogP contribution in [0.25, 0.3) is 0 Å². The standard InChI is InChI=1S/C11H22O2/c1-5-9(6-11(2,3)4)12-7-10-8-13-10/h9-10H,5-8H2,1-4H3. The average Bonchev–Trinajstić information content (AvgIpc) is 2.78. The number of ether oxygens (including phenoxy) is 2. The third kappa shape index (κ3) is 5.27. The van der Waals surface area contributed by atoms with E-state index < -0.39 is 0 Å². The van der Waals surface area contributed by atoms with Crippen LogP contribution in [0.3, 0.4) is 0 Å². The predicted octanol–water partition coefficient (Wildman–Crippen LogP) is 2.62. The topological polar surface area (TPSA) is 21.8 Å². The van der Waals surface area contributed by atoms with Gasteiger partial charge in [-0.25, -0.2) is 0 Å². The third-order valence-electron chi connectivity index (χ3n) is 2.22. The zero-order valence-corrected chi connectivity index (χ0v) is 9.30. The maximum atomic E-state index is 5.77. The first-order valence-corrected chi connectivity index (χ1v) is 5.24. The Morgan fingerprint density at radius 1 is 1.46 bits per heavy atom. The SMILES string of the molecule is CCC(CC(C)(C)C)OCC1CO1. The van der Waals surface area contributed by atoms with E-state index in [0.29, 0.717) is 17.6 Å². The lowest BCUT2D eigenvalue weighted by Crippen LogP contribution is -2.22. The Morgan fingerprint density at radius 2 is 2.08 bits per heavy atom. The smallest absolute Gasteiger partial charge is 0.104 e. The summed E-state index contributed by atoms with van der Waals surface area (Å²) in [6.07, 6.45) is 3.04. The van der Waals surface area contributed by atoms with Gasteiger partial charge in [0.2, 0.25) is 0 Å². The molecule has 1 rings (SSSR count). The van der Waals surface area contributed by atoms with Gasteiger partial charge in [-0.1, -0.05) is 27.7 Å². The second kappa shape index (κ2) is 4.43. The molecule has 78 valence electrons. The second-order valence-corrected chi connectivity index (χ2v) is 5.08. The van der Waals surface area contributed by atoms with E-state index in [2.05, 4.69) is 27.7 Å². The van der Waals surface area contributed by atoms with Crippen molar-refractivity contribution < 1.29 is 9.47 Å². The highest BCUT2D eigenvalue weighted by Crippen LogP contribution is 2.24. The van der Waals surface area contributed by atoms with Crippen molar-refractivity contribution in [3.63, 3.8) is 0 Å².